The van der Waals surface area contributed by atoms with Crippen LogP contribution in [0.5, 0.6) is 28.7 Å². The molecule has 0 radical (unpaired) electrons. The van der Waals surface area contributed by atoms with Crippen molar-refractivity contribution in [3.63, 3.8) is 0 Å². The summed E-state index contributed by atoms with van der Waals surface area (Å²) in [5.41, 5.74) is 0.691. The zero-order valence-corrected chi connectivity index (χ0v) is 16.7. The highest BCUT2D eigenvalue weighted by atomic mass is 16.6. The molecule has 3 rings (SSSR count). The molecule has 0 spiro atoms. The van der Waals surface area contributed by atoms with E-state index in [1.54, 1.807) is 18.2 Å². The van der Waals surface area contributed by atoms with E-state index >= 15 is 0 Å². The van der Waals surface area contributed by atoms with Gasteiger partial charge in [-0.2, -0.15) is 0 Å². The quantitative estimate of drug-likeness (QED) is 0.459. The number of fused-ring (bicyclic) bond motifs is 1. The van der Waals surface area contributed by atoms with Crippen LogP contribution in [0.4, 0.5) is 0 Å². The summed E-state index contributed by atoms with van der Waals surface area (Å²) >= 11 is 0. The zero-order valence-electron chi connectivity index (χ0n) is 16.7. The minimum atomic E-state index is -0.582. The van der Waals surface area contributed by atoms with Crippen LogP contribution in [0, 0.1) is 0 Å². The molecule has 8 heteroatoms. The molecule has 3 aromatic rings. The van der Waals surface area contributed by atoms with Gasteiger partial charge in [-0.05, 0) is 17.7 Å². The van der Waals surface area contributed by atoms with E-state index in [1.807, 2.05) is 0 Å². The summed E-state index contributed by atoms with van der Waals surface area (Å²) in [5, 5.41) is 0.122. The Balaban J connectivity index is 2.31. The molecule has 152 valence electrons. The molecular formula is C21H20O8. The van der Waals surface area contributed by atoms with Gasteiger partial charge in [-0.3, -0.25) is 9.59 Å². The molecule has 0 N–H and O–H groups in total. The molecule has 0 saturated carbocycles. The van der Waals surface area contributed by atoms with E-state index in [9.17, 15) is 9.59 Å². The number of carbonyl (C=O) groups excluding carboxylic acids is 1. The van der Waals surface area contributed by atoms with Crippen molar-refractivity contribution in [1.82, 2.24) is 0 Å². The molecule has 0 saturated heterocycles. The molecule has 0 aliphatic heterocycles. The van der Waals surface area contributed by atoms with Gasteiger partial charge in [0.25, 0.3) is 0 Å². The van der Waals surface area contributed by atoms with Crippen LogP contribution < -0.4 is 29.1 Å². The summed E-state index contributed by atoms with van der Waals surface area (Å²) in [5.74, 6) is 0.665. The van der Waals surface area contributed by atoms with Crippen LogP contribution in [0.3, 0.4) is 0 Å². The molecule has 0 fully saturated rings. The first-order chi connectivity index (χ1) is 13.9. The fraction of sp³-hybridized carbons (Fsp3) is 0.238. The fourth-order valence-electron chi connectivity index (χ4n) is 3.00. The second-order valence-corrected chi connectivity index (χ2v) is 5.96. The van der Waals surface area contributed by atoms with Crippen LogP contribution in [0.25, 0.3) is 22.1 Å². The van der Waals surface area contributed by atoms with E-state index in [1.165, 1.54) is 47.7 Å². The molecule has 1 aromatic heterocycles. The second-order valence-electron chi connectivity index (χ2n) is 5.96. The first-order valence-electron chi connectivity index (χ1n) is 8.56. The number of hydrogen-bond donors (Lipinski definition) is 0. The number of ether oxygens (including phenoxy) is 5. The van der Waals surface area contributed by atoms with E-state index in [4.69, 9.17) is 28.1 Å². The van der Waals surface area contributed by atoms with E-state index in [-0.39, 0.29) is 39.2 Å². The Morgan fingerprint density at radius 2 is 1.55 bits per heavy atom. The minimum Gasteiger partial charge on any atom is -0.493 e. The lowest BCUT2D eigenvalue weighted by Crippen LogP contribution is -2.10. The molecule has 0 aliphatic rings. The summed E-state index contributed by atoms with van der Waals surface area (Å²) in [6.45, 7) is 1.24. The predicted molar refractivity (Wildman–Crippen MR) is 105 cm³/mol. The van der Waals surface area contributed by atoms with Crippen molar-refractivity contribution >= 4 is 16.9 Å². The van der Waals surface area contributed by atoms with Crippen LogP contribution in [-0.2, 0) is 4.79 Å². The lowest BCUT2D eigenvalue weighted by atomic mass is 10.0. The highest BCUT2D eigenvalue weighted by Crippen LogP contribution is 2.43. The van der Waals surface area contributed by atoms with E-state index in [2.05, 4.69) is 0 Å². The normalized spacial score (nSPS) is 10.5. The molecule has 0 unspecified atom stereocenters. The van der Waals surface area contributed by atoms with E-state index in [0.29, 0.717) is 17.1 Å². The van der Waals surface area contributed by atoms with Gasteiger partial charge in [0, 0.05) is 13.0 Å². The van der Waals surface area contributed by atoms with Crippen molar-refractivity contribution < 1.29 is 32.9 Å². The van der Waals surface area contributed by atoms with Crippen molar-refractivity contribution in [3.8, 4) is 39.9 Å². The number of esters is 1. The van der Waals surface area contributed by atoms with E-state index in [0.717, 1.165) is 0 Å². The smallest absolute Gasteiger partial charge is 0.308 e. The lowest BCUT2D eigenvalue weighted by Gasteiger charge is -2.15. The lowest BCUT2D eigenvalue weighted by molar-refractivity contribution is -0.132. The summed E-state index contributed by atoms with van der Waals surface area (Å²) in [6.07, 6.45) is 1.34. The maximum absolute atomic E-state index is 13.3. The topological polar surface area (TPSA) is 93.4 Å². The molecule has 29 heavy (non-hydrogen) atoms. The maximum Gasteiger partial charge on any atom is 0.308 e. The zero-order chi connectivity index (χ0) is 21.1. The van der Waals surface area contributed by atoms with Gasteiger partial charge in [-0.25, -0.2) is 0 Å². The van der Waals surface area contributed by atoms with Crippen molar-refractivity contribution in [2.45, 2.75) is 6.92 Å². The van der Waals surface area contributed by atoms with Crippen molar-refractivity contribution in [2.75, 3.05) is 28.4 Å². The summed E-state index contributed by atoms with van der Waals surface area (Å²) in [7, 11) is 5.80. The third-order valence-corrected chi connectivity index (χ3v) is 4.31. The van der Waals surface area contributed by atoms with Gasteiger partial charge in [0.15, 0.2) is 23.0 Å². The minimum absolute atomic E-state index is 0.00626. The summed E-state index contributed by atoms with van der Waals surface area (Å²) < 4.78 is 32.1. The third-order valence-electron chi connectivity index (χ3n) is 4.31. The van der Waals surface area contributed by atoms with Crippen LogP contribution in [0.15, 0.2) is 39.7 Å². The first kappa shape index (κ1) is 20.1. The third kappa shape index (κ3) is 3.56. The van der Waals surface area contributed by atoms with Gasteiger partial charge < -0.3 is 28.1 Å². The van der Waals surface area contributed by atoms with Gasteiger partial charge in [0.05, 0.1) is 34.0 Å². The highest BCUT2D eigenvalue weighted by molar-refractivity contribution is 5.92. The van der Waals surface area contributed by atoms with Crippen LogP contribution >= 0.6 is 0 Å². The largest absolute Gasteiger partial charge is 0.493 e. The van der Waals surface area contributed by atoms with Crippen LogP contribution in [0.1, 0.15) is 6.92 Å². The average Bonchev–Trinajstić information content (AvgIpc) is 2.72. The van der Waals surface area contributed by atoms with Gasteiger partial charge in [0.1, 0.15) is 17.2 Å². The maximum atomic E-state index is 13.3. The Bertz CT molecular complexity index is 1130. The van der Waals surface area contributed by atoms with E-state index < -0.39 is 5.97 Å². The van der Waals surface area contributed by atoms with Crippen LogP contribution in [-0.4, -0.2) is 34.4 Å². The fourth-order valence-corrected chi connectivity index (χ4v) is 3.00. The number of hydrogen-bond acceptors (Lipinski definition) is 8. The molecule has 1 heterocycles. The second kappa shape index (κ2) is 8.14. The number of rotatable bonds is 6. The number of carbonyl (C=O) groups is 1. The summed E-state index contributed by atoms with van der Waals surface area (Å²) in [4.78, 5) is 24.8. The highest BCUT2D eigenvalue weighted by Gasteiger charge is 2.23. The number of benzene rings is 2. The SMILES string of the molecule is COc1ccc(-c2coc3cc(OC)c(OC(C)=O)c(OC)c3c2=O)cc1OC. The van der Waals surface area contributed by atoms with Gasteiger partial charge in [0.2, 0.25) is 11.2 Å². The van der Waals surface area contributed by atoms with Crippen molar-refractivity contribution in [2.24, 2.45) is 0 Å². The van der Waals surface area contributed by atoms with Crippen LogP contribution in [0.2, 0.25) is 0 Å². The molecule has 0 aliphatic carbocycles. The van der Waals surface area contributed by atoms with Crippen molar-refractivity contribution in [3.05, 3.63) is 40.8 Å². The Morgan fingerprint density at radius 3 is 2.14 bits per heavy atom. The average molecular weight is 400 g/mol. The molecular weight excluding hydrogens is 380 g/mol. The molecule has 0 bridgehead atoms. The number of methoxy groups -OCH3 is 4. The standard InChI is InChI=1S/C21H20O8/c1-11(22)29-20-17(26-4)9-16-18(21(20)27-5)19(23)13(10-28-16)12-6-7-14(24-2)15(8-12)25-3/h6-10H,1-5H3. The summed E-state index contributed by atoms with van der Waals surface area (Å²) in [6, 6.07) is 6.53. The molecule has 0 atom stereocenters. The first-order valence-corrected chi connectivity index (χ1v) is 8.56. The Morgan fingerprint density at radius 1 is 0.862 bits per heavy atom. The van der Waals surface area contributed by atoms with Gasteiger partial charge >= 0.3 is 5.97 Å². The molecule has 8 nitrogen and oxygen atoms in total. The molecule has 2 aromatic carbocycles. The van der Waals surface area contributed by atoms with Gasteiger partial charge in [-0.1, -0.05) is 6.07 Å². The monoisotopic (exact) mass is 400 g/mol. The Kier molecular flexibility index (Phi) is 5.63. The Hall–Kier alpha value is -3.68. The van der Waals surface area contributed by atoms with Crippen molar-refractivity contribution in [1.29, 1.82) is 0 Å². The Labute approximate surface area is 166 Å². The molecule has 0 amide bonds. The predicted octanol–water partition coefficient (Wildman–Crippen LogP) is 3.42. The van der Waals surface area contributed by atoms with Gasteiger partial charge in [-0.15, -0.1) is 0 Å².